The van der Waals surface area contributed by atoms with Crippen LogP contribution >= 0.6 is 0 Å². The summed E-state index contributed by atoms with van der Waals surface area (Å²) >= 11 is 0. The van der Waals surface area contributed by atoms with Crippen molar-refractivity contribution >= 4 is 5.91 Å². The summed E-state index contributed by atoms with van der Waals surface area (Å²) < 4.78 is 5.12. The number of rotatable bonds is 6. The van der Waals surface area contributed by atoms with Gasteiger partial charge in [-0.25, -0.2) is 0 Å². The van der Waals surface area contributed by atoms with Gasteiger partial charge in [-0.2, -0.15) is 0 Å². The monoisotopic (exact) mass is 339 g/mol. The molecule has 1 aliphatic rings. The molecule has 5 heteroatoms. The molecule has 5 nitrogen and oxygen atoms in total. The lowest BCUT2D eigenvalue weighted by molar-refractivity contribution is 0.0911. The highest BCUT2D eigenvalue weighted by Crippen LogP contribution is 2.14. The number of nitrogens with one attached hydrogen (secondary N) is 1. The zero-order valence-electron chi connectivity index (χ0n) is 14.6. The molecular weight excluding hydrogens is 314 g/mol. The van der Waals surface area contributed by atoms with Crippen LogP contribution in [0.15, 0.2) is 48.8 Å². The van der Waals surface area contributed by atoms with Gasteiger partial charge in [0.25, 0.3) is 5.91 Å². The first-order chi connectivity index (χ1) is 12.2. The van der Waals surface area contributed by atoms with Crippen LogP contribution in [0.4, 0.5) is 0 Å². The molecular formula is C20H25N3O2. The number of carbonyl (C=O) groups excluding carboxylic acids is 1. The number of piperidine rings is 1. The lowest BCUT2D eigenvalue weighted by Gasteiger charge is -2.32. The Kier molecular flexibility index (Phi) is 6.01. The second-order valence-corrected chi connectivity index (χ2v) is 6.42. The Labute approximate surface area is 149 Å². The highest BCUT2D eigenvalue weighted by atomic mass is 16.5. The second-order valence-electron chi connectivity index (χ2n) is 6.42. The fourth-order valence-corrected chi connectivity index (χ4v) is 3.15. The van der Waals surface area contributed by atoms with E-state index in [9.17, 15) is 4.79 Å². The summed E-state index contributed by atoms with van der Waals surface area (Å²) in [7, 11) is 1.62. The third kappa shape index (κ3) is 5.03. The summed E-state index contributed by atoms with van der Waals surface area (Å²) in [6, 6.07) is 11.6. The fourth-order valence-electron chi connectivity index (χ4n) is 3.15. The Hall–Kier alpha value is -2.40. The molecule has 0 bridgehead atoms. The molecule has 1 saturated heterocycles. The molecule has 1 aromatic heterocycles. The first kappa shape index (κ1) is 17.4. The molecule has 1 fully saturated rings. The zero-order chi connectivity index (χ0) is 17.5. The normalized spacial score (nSPS) is 15.7. The van der Waals surface area contributed by atoms with E-state index in [4.69, 9.17) is 4.74 Å². The molecule has 132 valence electrons. The number of hydrogen-bond acceptors (Lipinski definition) is 4. The lowest BCUT2D eigenvalue weighted by Crippen LogP contribution is -2.45. The van der Waals surface area contributed by atoms with E-state index in [0.717, 1.165) is 44.6 Å². The number of likely N-dealkylation sites (tertiary alicyclic amines) is 1. The topological polar surface area (TPSA) is 54.5 Å². The number of amides is 1. The second kappa shape index (κ2) is 8.62. The Morgan fingerprint density at radius 2 is 1.84 bits per heavy atom. The Bertz CT molecular complexity index is 665. The number of ether oxygens (including phenoxy) is 1. The molecule has 2 aromatic rings. The molecule has 0 spiro atoms. The van der Waals surface area contributed by atoms with Gasteiger partial charge in [-0.15, -0.1) is 0 Å². The molecule has 1 aliphatic heterocycles. The highest BCUT2D eigenvalue weighted by molar-refractivity contribution is 5.94. The molecule has 3 rings (SSSR count). The minimum atomic E-state index is -0.00195. The van der Waals surface area contributed by atoms with Crippen LogP contribution in [-0.2, 0) is 6.42 Å². The first-order valence-electron chi connectivity index (χ1n) is 8.81. The van der Waals surface area contributed by atoms with Crippen molar-refractivity contribution in [1.29, 1.82) is 0 Å². The van der Waals surface area contributed by atoms with Gasteiger partial charge in [0.15, 0.2) is 0 Å². The maximum Gasteiger partial charge on any atom is 0.251 e. The van der Waals surface area contributed by atoms with Gasteiger partial charge in [0.05, 0.1) is 7.11 Å². The largest absolute Gasteiger partial charge is 0.497 e. The van der Waals surface area contributed by atoms with E-state index in [1.54, 1.807) is 19.2 Å². The minimum Gasteiger partial charge on any atom is -0.497 e. The van der Waals surface area contributed by atoms with Crippen LogP contribution in [-0.4, -0.2) is 48.6 Å². The number of benzene rings is 1. The average molecular weight is 339 g/mol. The van der Waals surface area contributed by atoms with Gasteiger partial charge in [-0.05, 0) is 61.2 Å². The smallest absolute Gasteiger partial charge is 0.251 e. The van der Waals surface area contributed by atoms with Gasteiger partial charge in [0, 0.05) is 43.6 Å². The first-order valence-corrected chi connectivity index (χ1v) is 8.81. The van der Waals surface area contributed by atoms with Crippen molar-refractivity contribution in [2.45, 2.75) is 25.3 Å². The van der Waals surface area contributed by atoms with Gasteiger partial charge < -0.3 is 15.0 Å². The maximum absolute atomic E-state index is 12.3. The lowest BCUT2D eigenvalue weighted by atomic mass is 10.0. The number of pyridine rings is 1. The molecule has 0 atom stereocenters. The minimum absolute atomic E-state index is 0.00195. The van der Waals surface area contributed by atoms with Crippen LogP contribution < -0.4 is 10.1 Å². The summed E-state index contributed by atoms with van der Waals surface area (Å²) in [4.78, 5) is 18.9. The van der Waals surface area contributed by atoms with E-state index >= 15 is 0 Å². The number of methoxy groups -OCH3 is 1. The quantitative estimate of drug-likeness (QED) is 0.879. The SMILES string of the molecule is COc1ccc(C(=O)NC2CCN(CCc3ccncc3)CC2)cc1. The third-order valence-corrected chi connectivity index (χ3v) is 4.74. The van der Waals surface area contributed by atoms with Crippen LogP contribution in [0, 0.1) is 0 Å². The van der Waals surface area contributed by atoms with Crippen molar-refractivity contribution in [1.82, 2.24) is 15.2 Å². The number of nitrogens with zero attached hydrogens (tertiary/aromatic N) is 2. The predicted molar refractivity (Wildman–Crippen MR) is 97.9 cm³/mol. The molecule has 0 saturated carbocycles. The van der Waals surface area contributed by atoms with Gasteiger partial charge >= 0.3 is 0 Å². The van der Waals surface area contributed by atoms with Crippen LogP contribution in [0.1, 0.15) is 28.8 Å². The number of aromatic nitrogens is 1. The summed E-state index contributed by atoms with van der Waals surface area (Å²) in [5, 5.41) is 3.15. The van der Waals surface area contributed by atoms with Crippen LogP contribution in [0.2, 0.25) is 0 Å². The van der Waals surface area contributed by atoms with Gasteiger partial charge in [-0.3, -0.25) is 9.78 Å². The Morgan fingerprint density at radius 3 is 2.48 bits per heavy atom. The molecule has 0 unspecified atom stereocenters. The van der Waals surface area contributed by atoms with Crippen molar-refractivity contribution in [3.63, 3.8) is 0 Å². The van der Waals surface area contributed by atoms with E-state index in [1.807, 2.05) is 24.5 Å². The summed E-state index contributed by atoms with van der Waals surface area (Å²) in [5.41, 5.74) is 2.01. The van der Waals surface area contributed by atoms with E-state index in [2.05, 4.69) is 27.3 Å². The Balaban J connectivity index is 1.41. The summed E-state index contributed by atoms with van der Waals surface area (Å²) in [5.74, 6) is 0.761. The Morgan fingerprint density at radius 1 is 1.16 bits per heavy atom. The van der Waals surface area contributed by atoms with Crippen molar-refractivity contribution in [2.75, 3.05) is 26.7 Å². The van der Waals surface area contributed by atoms with Crippen molar-refractivity contribution < 1.29 is 9.53 Å². The van der Waals surface area contributed by atoms with E-state index in [-0.39, 0.29) is 11.9 Å². The molecule has 1 amide bonds. The average Bonchev–Trinajstić information content (AvgIpc) is 2.68. The van der Waals surface area contributed by atoms with Gasteiger partial charge in [0.1, 0.15) is 5.75 Å². The fraction of sp³-hybridized carbons (Fsp3) is 0.400. The van der Waals surface area contributed by atoms with E-state index in [1.165, 1.54) is 5.56 Å². The van der Waals surface area contributed by atoms with Crippen LogP contribution in [0.3, 0.4) is 0 Å². The third-order valence-electron chi connectivity index (χ3n) is 4.74. The molecule has 2 heterocycles. The van der Waals surface area contributed by atoms with E-state index in [0.29, 0.717) is 5.56 Å². The summed E-state index contributed by atoms with van der Waals surface area (Å²) in [6.45, 7) is 3.11. The van der Waals surface area contributed by atoms with Gasteiger partial charge in [-0.1, -0.05) is 0 Å². The summed E-state index contributed by atoms with van der Waals surface area (Å²) in [6.07, 6.45) is 6.73. The maximum atomic E-state index is 12.3. The molecule has 25 heavy (non-hydrogen) atoms. The molecule has 1 aromatic carbocycles. The van der Waals surface area contributed by atoms with Crippen molar-refractivity contribution in [3.8, 4) is 5.75 Å². The van der Waals surface area contributed by atoms with Crippen molar-refractivity contribution in [3.05, 3.63) is 59.9 Å². The van der Waals surface area contributed by atoms with Crippen LogP contribution in [0.25, 0.3) is 0 Å². The predicted octanol–water partition coefficient (Wildman–Crippen LogP) is 2.53. The highest BCUT2D eigenvalue weighted by Gasteiger charge is 2.20. The number of hydrogen-bond donors (Lipinski definition) is 1. The molecule has 0 aliphatic carbocycles. The standard InChI is InChI=1S/C20H25N3O2/c1-25-19-4-2-17(3-5-19)20(24)22-18-9-14-23(15-10-18)13-8-16-6-11-21-12-7-16/h2-7,11-12,18H,8-10,13-15H2,1H3,(H,22,24). The zero-order valence-corrected chi connectivity index (χ0v) is 14.6. The van der Waals surface area contributed by atoms with Gasteiger partial charge in [0.2, 0.25) is 0 Å². The molecule has 1 N–H and O–H groups in total. The molecule has 0 radical (unpaired) electrons. The number of carbonyl (C=O) groups is 1. The van der Waals surface area contributed by atoms with E-state index < -0.39 is 0 Å². The van der Waals surface area contributed by atoms with Crippen LogP contribution in [0.5, 0.6) is 5.75 Å². The van der Waals surface area contributed by atoms with Crippen molar-refractivity contribution in [2.24, 2.45) is 0 Å².